The van der Waals surface area contributed by atoms with Crippen molar-refractivity contribution < 1.29 is 0 Å². The van der Waals surface area contributed by atoms with Crippen molar-refractivity contribution >= 4 is 79.5 Å². The molecule has 4 nitrogen and oxygen atoms in total. The van der Waals surface area contributed by atoms with Gasteiger partial charge >= 0.3 is 0 Å². The van der Waals surface area contributed by atoms with Crippen LogP contribution in [-0.2, 0) is 0 Å². The molecule has 9 heteroatoms. The summed E-state index contributed by atoms with van der Waals surface area (Å²) in [5, 5.41) is 4.19. The van der Waals surface area contributed by atoms with E-state index in [9.17, 15) is 0 Å². The van der Waals surface area contributed by atoms with Gasteiger partial charge in [-0.15, -0.1) is 34.0 Å². The molecule has 5 heterocycles. The monoisotopic (exact) mass is 516 g/mol. The van der Waals surface area contributed by atoms with Crippen molar-refractivity contribution in [2.75, 3.05) is 0 Å². The summed E-state index contributed by atoms with van der Waals surface area (Å²) in [7, 11) is 0. The summed E-state index contributed by atoms with van der Waals surface area (Å²) in [4.78, 5) is 4.80. The number of rotatable bonds is 4. The van der Waals surface area contributed by atoms with Gasteiger partial charge in [-0.3, -0.25) is 0 Å². The smallest absolute Gasteiger partial charge is 0.114 e. The van der Waals surface area contributed by atoms with Crippen molar-refractivity contribution in [1.29, 1.82) is 0 Å². The second-order valence-electron chi connectivity index (χ2n) is 7.36. The first-order valence-corrected chi connectivity index (χ1v) is 14.1. The van der Waals surface area contributed by atoms with Crippen LogP contribution in [0.25, 0.3) is 63.8 Å². The molecule has 0 unspecified atom stereocenters. The third kappa shape index (κ3) is 3.19. The van der Waals surface area contributed by atoms with E-state index in [-0.39, 0.29) is 0 Å². The minimum Gasteiger partial charge on any atom is -0.172 e. The van der Waals surface area contributed by atoms with Gasteiger partial charge in [-0.2, -0.15) is 17.5 Å². The SMILES string of the molecule is c1csc(-c2ccc(-c3ccc(-c4ccc(-c5cccs5)c5nsnc45)s3)c3nsnc23)c1. The molecule has 0 aliphatic carbocycles. The fourth-order valence-corrected chi connectivity index (χ4v) is 7.73. The molecule has 7 rings (SSSR count). The molecule has 0 spiro atoms. The van der Waals surface area contributed by atoms with E-state index >= 15 is 0 Å². The Labute approximate surface area is 209 Å². The third-order valence-corrected chi connectivity index (χ3v) is 9.56. The van der Waals surface area contributed by atoms with E-state index in [1.165, 1.54) is 43.0 Å². The minimum absolute atomic E-state index is 0.966. The lowest BCUT2D eigenvalue weighted by Crippen LogP contribution is -1.82. The molecule has 5 aromatic heterocycles. The van der Waals surface area contributed by atoms with Gasteiger partial charge in [0.05, 0.1) is 23.5 Å². The van der Waals surface area contributed by atoms with Gasteiger partial charge in [0.25, 0.3) is 0 Å². The lowest BCUT2D eigenvalue weighted by Gasteiger charge is -2.04. The fraction of sp³-hybridized carbons (Fsp3) is 0. The van der Waals surface area contributed by atoms with E-state index in [0.29, 0.717) is 0 Å². The van der Waals surface area contributed by atoms with Crippen molar-refractivity contribution in [1.82, 2.24) is 17.5 Å². The van der Waals surface area contributed by atoms with Crippen LogP contribution in [0.3, 0.4) is 0 Å². The van der Waals surface area contributed by atoms with Crippen LogP contribution < -0.4 is 0 Å². The van der Waals surface area contributed by atoms with Gasteiger partial charge in [0.1, 0.15) is 22.1 Å². The lowest BCUT2D eigenvalue weighted by atomic mass is 10.1. The van der Waals surface area contributed by atoms with Gasteiger partial charge in [0.15, 0.2) is 0 Å². The van der Waals surface area contributed by atoms with E-state index < -0.39 is 0 Å². The first kappa shape index (κ1) is 19.6. The molecule has 0 amide bonds. The van der Waals surface area contributed by atoms with Gasteiger partial charge in [0, 0.05) is 41.8 Å². The normalized spacial score (nSPS) is 11.6. The number of hydrogen-bond acceptors (Lipinski definition) is 9. The number of nitrogens with zero attached hydrogens (tertiary/aromatic N) is 4. The maximum absolute atomic E-state index is 4.65. The van der Waals surface area contributed by atoms with Gasteiger partial charge in [-0.05, 0) is 35.0 Å². The molecule has 0 aliphatic rings. The van der Waals surface area contributed by atoms with Crippen LogP contribution in [-0.4, -0.2) is 17.5 Å². The molecule has 0 saturated carbocycles. The van der Waals surface area contributed by atoms with E-state index in [1.807, 2.05) is 0 Å². The van der Waals surface area contributed by atoms with E-state index in [2.05, 4.69) is 88.9 Å². The highest BCUT2D eigenvalue weighted by Gasteiger charge is 2.18. The molecule has 0 atom stereocenters. The molecule has 0 fully saturated rings. The summed E-state index contributed by atoms with van der Waals surface area (Å²) < 4.78 is 18.5. The van der Waals surface area contributed by atoms with Gasteiger partial charge in [0.2, 0.25) is 0 Å². The van der Waals surface area contributed by atoms with Crippen molar-refractivity contribution in [3.63, 3.8) is 0 Å². The Morgan fingerprint density at radius 1 is 0.424 bits per heavy atom. The van der Waals surface area contributed by atoms with Crippen LogP contribution in [0.15, 0.2) is 71.4 Å². The molecule has 158 valence electrons. The Morgan fingerprint density at radius 2 is 0.818 bits per heavy atom. The van der Waals surface area contributed by atoms with Crippen molar-refractivity contribution in [2.45, 2.75) is 0 Å². The van der Waals surface area contributed by atoms with Gasteiger partial charge < -0.3 is 0 Å². The number of fused-ring (bicyclic) bond motifs is 2. The highest BCUT2D eigenvalue weighted by molar-refractivity contribution is 7.19. The van der Waals surface area contributed by atoms with Crippen molar-refractivity contribution in [3.8, 4) is 41.8 Å². The summed E-state index contributed by atoms with van der Waals surface area (Å²) >= 11 is 7.76. The average Bonchev–Trinajstić information content (AvgIpc) is 3.69. The number of benzene rings is 2. The zero-order valence-electron chi connectivity index (χ0n) is 16.8. The Bertz CT molecular complexity index is 1590. The topological polar surface area (TPSA) is 51.6 Å². The second-order valence-corrected chi connectivity index (χ2v) is 11.4. The minimum atomic E-state index is 0.966. The second kappa shape index (κ2) is 7.89. The van der Waals surface area contributed by atoms with Crippen LogP contribution >= 0.6 is 57.5 Å². The predicted octanol–water partition coefficient (Wildman–Crippen LogP) is 8.55. The highest BCUT2D eigenvalue weighted by atomic mass is 32.1. The number of hydrogen-bond donors (Lipinski definition) is 0. The standard InChI is InChI=1S/C24H12N4S5/c1-3-17(29-11-1)13-5-7-15(23-21(13)25-32-27-23)19-9-10-20(31-19)16-8-6-14(18-4-2-12-30-18)22-24(16)28-33-26-22/h1-12H. The van der Waals surface area contributed by atoms with E-state index in [0.717, 1.165) is 44.3 Å². The zero-order valence-corrected chi connectivity index (χ0v) is 20.8. The Balaban J connectivity index is 1.34. The summed E-state index contributed by atoms with van der Waals surface area (Å²) in [6, 6.07) is 21.5. The maximum atomic E-state index is 4.65. The molecular weight excluding hydrogens is 505 g/mol. The maximum Gasteiger partial charge on any atom is 0.114 e. The Kier molecular flexibility index (Phi) is 4.70. The van der Waals surface area contributed by atoms with Crippen LogP contribution in [0.2, 0.25) is 0 Å². The molecule has 0 saturated heterocycles. The molecule has 0 radical (unpaired) electrons. The third-order valence-electron chi connectivity index (χ3n) is 5.54. The van der Waals surface area contributed by atoms with E-state index in [1.54, 1.807) is 34.0 Å². The molecule has 0 aliphatic heterocycles. The fourth-order valence-electron chi connectivity index (χ4n) is 4.02. The van der Waals surface area contributed by atoms with E-state index in [4.69, 9.17) is 0 Å². The van der Waals surface area contributed by atoms with Gasteiger partial charge in [-0.1, -0.05) is 36.4 Å². The van der Waals surface area contributed by atoms with Crippen molar-refractivity contribution in [2.24, 2.45) is 0 Å². The largest absolute Gasteiger partial charge is 0.172 e. The summed E-state index contributed by atoms with van der Waals surface area (Å²) in [6.07, 6.45) is 0. The lowest BCUT2D eigenvalue weighted by molar-refractivity contribution is 1.63. The summed E-state index contributed by atoms with van der Waals surface area (Å²) in [5.74, 6) is 0. The number of thiophene rings is 3. The average molecular weight is 517 g/mol. The van der Waals surface area contributed by atoms with Gasteiger partial charge in [-0.25, -0.2) is 0 Å². The first-order chi connectivity index (χ1) is 16.4. The molecule has 2 aromatic carbocycles. The Hall–Kier alpha value is -2.82. The molecule has 0 bridgehead atoms. The predicted molar refractivity (Wildman–Crippen MR) is 144 cm³/mol. The molecule has 33 heavy (non-hydrogen) atoms. The van der Waals surface area contributed by atoms with Crippen LogP contribution in [0.4, 0.5) is 0 Å². The summed E-state index contributed by atoms with van der Waals surface area (Å²) in [5.41, 5.74) is 8.42. The molecule has 7 aromatic rings. The van der Waals surface area contributed by atoms with Crippen LogP contribution in [0.1, 0.15) is 0 Å². The first-order valence-electron chi connectivity index (χ1n) is 10.1. The van der Waals surface area contributed by atoms with Crippen molar-refractivity contribution in [3.05, 3.63) is 71.4 Å². The quantitative estimate of drug-likeness (QED) is 0.235. The molecule has 0 N–H and O–H groups in total. The van der Waals surface area contributed by atoms with Crippen LogP contribution in [0.5, 0.6) is 0 Å². The number of aromatic nitrogens is 4. The zero-order chi connectivity index (χ0) is 21.8. The molecular formula is C24H12N4S5. The highest BCUT2D eigenvalue weighted by Crippen LogP contribution is 2.43. The van der Waals surface area contributed by atoms with Crippen LogP contribution in [0, 0.1) is 0 Å². The summed E-state index contributed by atoms with van der Waals surface area (Å²) in [6.45, 7) is 0. The Morgan fingerprint density at radius 3 is 1.18 bits per heavy atom.